The van der Waals surface area contributed by atoms with Gasteiger partial charge in [-0.05, 0) is 51.4 Å². The summed E-state index contributed by atoms with van der Waals surface area (Å²) >= 11 is 0. The lowest BCUT2D eigenvalue weighted by molar-refractivity contribution is -0.143. The molecule has 0 radical (unpaired) electrons. The number of aliphatic hydroxyl groups excluding tert-OH is 2. The number of allylic oxidation sites excluding steroid dienone is 2. The second kappa shape index (κ2) is 75.1. The molecule has 6 nitrogen and oxygen atoms in total. The van der Waals surface area contributed by atoms with Gasteiger partial charge in [0.25, 0.3) is 0 Å². The number of rotatable bonds is 75. The predicted octanol–water partition coefficient (Wildman–Crippen LogP) is 25.9. The van der Waals surface area contributed by atoms with Gasteiger partial charge < -0.3 is 20.3 Å². The van der Waals surface area contributed by atoms with Gasteiger partial charge in [0.05, 0.1) is 25.4 Å². The summed E-state index contributed by atoms with van der Waals surface area (Å²) in [4.78, 5) is 24.7. The molecule has 0 aliphatic heterocycles. The molecule has 506 valence electrons. The fourth-order valence-electron chi connectivity index (χ4n) is 12.8. The summed E-state index contributed by atoms with van der Waals surface area (Å²) in [5, 5.41) is 23.5. The van der Waals surface area contributed by atoms with Gasteiger partial charge in [-0.3, -0.25) is 9.59 Å². The molecule has 0 heterocycles. The van der Waals surface area contributed by atoms with E-state index < -0.39 is 12.1 Å². The number of hydrogen-bond donors (Lipinski definition) is 3. The van der Waals surface area contributed by atoms with Crippen LogP contribution in [0.2, 0.25) is 0 Å². The smallest absolute Gasteiger partial charge is 0.305 e. The third-order valence-electron chi connectivity index (χ3n) is 18.8. The van der Waals surface area contributed by atoms with Gasteiger partial charge in [0.15, 0.2) is 0 Å². The second-order valence-corrected chi connectivity index (χ2v) is 27.4. The minimum absolute atomic E-state index is 0.0224. The Labute approximate surface area is 533 Å². The van der Waals surface area contributed by atoms with Gasteiger partial charge in [0.1, 0.15) is 0 Å². The lowest BCUT2D eigenvalue weighted by Gasteiger charge is -2.22. The molecule has 2 atom stereocenters. The highest BCUT2D eigenvalue weighted by Crippen LogP contribution is 2.20. The van der Waals surface area contributed by atoms with E-state index >= 15 is 0 Å². The first-order valence-corrected chi connectivity index (χ1v) is 39.4. The van der Waals surface area contributed by atoms with E-state index in [1.165, 1.54) is 385 Å². The molecular formula is C79H155NO5. The Kier molecular flexibility index (Phi) is 73.8. The Hall–Kier alpha value is -1.40. The van der Waals surface area contributed by atoms with Crippen LogP contribution in [0.1, 0.15) is 457 Å². The highest BCUT2D eigenvalue weighted by Gasteiger charge is 2.20. The van der Waals surface area contributed by atoms with E-state index in [-0.39, 0.29) is 18.5 Å². The summed E-state index contributed by atoms with van der Waals surface area (Å²) in [5.41, 5.74) is 0. The number of aliphatic hydroxyl groups is 2. The van der Waals surface area contributed by atoms with Crippen LogP contribution in [0, 0.1) is 0 Å². The molecule has 85 heavy (non-hydrogen) atoms. The van der Waals surface area contributed by atoms with Crippen molar-refractivity contribution in [2.24, 2.45) is 0 Å². The van der Waals surface area contributed by atoms with E-state index in [9.17, 15) is 19.8 Å². The van der Waals surface area contributed by atoms with E-state index in [1.54, 1.807) is 0 Å². The zero-order valence-electron chi connectivity index (χ0n) is 58.1. The SMILES string of the molecule is CCCCCCCCCCCCCCCCCCCCCCCC(O)C(CO)NC(=O)CCCCCCCCCCCCCCCCCC/C=C\CCCCCCCCCCCCCCOC(=O)CCCCCCCCCCCCCCCCC. The first kappa shape index (κ1) is 83.6. The number of nitrogens with one attached hydrogen (secondary N) is 1. The fourth-order valence-corrected chi connectivity index (χ4v) is 12.8. The minimum atomic E-state index is -0.663. The molecule has 0 fully saturated rings. The zero-order chi connectivity index (χ0) is 61.3. The number of carbonyl (C=O) groups excluding carboxylic acids is 2. The molecule has 2 unspecified atom stereocenters. The summed E-state index contributed by atoms with van der Waals surface area (Å²) < 4.78 is 5.50. The number of ether oxygens (including phenoxy) is 1. The normalized spacial score (nSPS) is 12.5. The standard InChI is InChI=1S/C79H155NO5/c1-3-5-7-9-11-13-15-17-19-20-21-34-37-40-44-47-51-55-59-63-67-71-77(82)76(75-81)80-78(83)72-68-64-60-56-52-48-45-41-38-35-32-30-28-26-24-22-23-25-27-29-31-33-36-39-42-46-50-54-58-62-66-70-74-85-79(84)73-69-65-61-57-53-49-43-18-16-14-12-10-8-6-4-2/h25,27,76-77,81-82H,3-24,26,28-75H2,1-2H3,(H,80,83)/b27-25-. The molecule has 0 rings (SSSR count). The predicted molar refractivity (Wildman–Crippen MR) is 375 cm³/mol. The quantitative estimate of drug-likeness (QED) is 0.0320. The van der Waals surface area contributed by atoms with Crippen LogP contribution in [0.3, 0.4) is 0 Å². The zero-order valence-corrected chi connectivity index (χ0v) is 58.1. The maximum absolute atomic E-state index is 12.6. The van der Waals surface area contributed by atoms with Crippen molar-refractivity contribution in [3.63, 3.8) is 0 Å². The van der Waals surface area contributed by atoms with Crippen molar-refractivity contribution in [1.82, 2.24) is 5.32 Å². The van der Waals surface area contributed by atoms with Crippen molar-refractivity contribution in [3.8, 4) is 0 Å². The second-order valence-electron chi connectivity index (χ2n) is 27.4. The molecule has 0 aliphatic rings. The number of esters is 1. The first-order valence-electron chi connectivity index (χ1n) is 39.4. The van der Waals surface area contributed by atoms with Gasteiger partial charge in [-0.2, -0.15) is 0 Å². The van der Waals surface area contributed by atoms with Crippen LogP contribution in [-0.4, -0.2) is 47.4 Å². The van der Waals surface area contributed by atoms with Crippen LogP contribution in [0.25, 0.3) is 0 Å². The van der Waals surface area contributed by atoms with Crippen molar-refractivity contribution in [2.75, 3.05) is 13.2 Å². The lowest BCUT2D eigenvalue weighted by atomic mass is 10.0. The summed E-state index contributed by atoms with van der Waals surface area (Å²) in [6.07, 6.45) is 94.4. The number of amides is 1. The maximum atomic E-state index is 12.6. The van der Waals surface area contributed by atoms with E-state index in [2.05, 4.69) is 31.3 Å². The van der Waals surface area contributed by atoms with Crippen LogP contribution >= 0.6 is 0 Å². The topological polar surface area (TPSA) is 95.9 Å². The van der Waals surface area contributed by atoms with Crippen molar-refractivity contribution >= 4 is 11.9 Å². The van der Waals surface area contributed by atoms with Crippen molar-refractivity contribution in [1.29, 1.82) is 0 Å². The van der Waals surface area contributed by atoms with Crippen molar-refractivity contribution in [2.45, 2.75) is 469 Å². The molecule has 1 amide bonds. The monoisotopic (exact) mass is 1200 g/mol. The highest BCUT2D eigenvalue weighted by molar-refractivity contribution is 5.76. The fraction of sp³-hybridized carbons (Fsp3) is 0.949. The van der Waals surface area contributed by atoms with Crippen LogP contribution in [0.4, 0.5) is 0 Å². The van der Waals surface area contributed by atoms with Crippen molar-refractivity contribution in [3.05, 3.63) is 12.2 Å². The Morgan fingerprint density at radius 2 is 0.553 bits per heavy atom. The lowest BCUT2D eigenvalue weighted by Crippen LogP contribution is -2.45. The summed E-state index contributed by atoms with van der Waals surface area (Å²) in [7, 11) is 0. The minimum Gasteiger partial charge on any atom is -0.466 e. The molecule has 0 aromatic rings. The van der Waals surface area contributed by atoms with Crippen LogP contribution in [-0.2, 0) is 14.3 Å². The van der Waals surface area contributed by atoms with Crippen LogP contribution < -0.4 is 5.32 Å². The number of unbranched alkanes of at least 4 members (excludes halogenated alkanes) is 62. The molecule has 0 spiro atoms. The molecule has 0 saturated heterocycles. The van der Waals surface area contributed by atoms with E-state index in [0.717, 1.165) is 38.5 Å². The van der Waals surface area contributed by atoms with Gasteiger partial charge in [-0.25, -0.2) is 0 Å². The Balaban J connectivity index is 3.34. The molecule has 0 aromatic heterocycles. The van der Waals surface area contributed by atoms with E-state index in [4.69, 9.17) is 4.74 Å². The van der Waals surface area contributed by atoms with Gasteiger partial charge in [-0.15, -0.1) is 0 Å². The van der Waals surface area contributed by atoms with Gasteiger partial charge in [0, 0.05) is 12.8 Å². The summed E-state index contributed by atoms with van der Waals surface area (Å²) in [5.74, 6) is -0.00433. The molecule has 6 heteroatoms. The third-order valence-corrected chi connectivity index (χ3v) is 18.8. The highest BCUT2D eigenvalue weighted by atomic mass is 16.5. The molecule has 0 saturated carbocycles. The molecular weight excluding hydrogens is 1040 g/mol. The van der Waals surface area contributed by atoms with Crippen LogP contribution in [0.15, 0.2) is 12.2 Å². The first-order chi connectivity index (χ1) is 42.0. The Bertz CT molecular complexity index is 1290. The summed E-state index contributed by atoms with van der Waals surface area (Å²) in [6.45, 7) is 5.01. The van der Waals surface area contributed by atoms with Gasteiger partial charge >= 0.3 is 5.97 Å². The number of hydrogen-bond acceptors (Lipinski definition) is 5. The Morgan fingerprint density at radius 3 is 0.835 bits per heavy atom. The number of carbonyl (C=O) groups is 2. The third kappa shape index (κ3) is 71.6. The Morgan fingerprint density at radius 1 is 0.318 bits per heavy atom. The summed E-state index contributed by atoms with van der Waals surface area (Å²) in [6, 6.07) is -0.540. The largest absolute Gasteiger partial charge is 0.466 e. The molecule has 0 aromatic carbocycles. The van der Waals surface area contributed by atoms with E-state index in [0.29, 0.717) is 25.9 Å². The molecule has 0 aliphatic carbocycles. The maximum Gasteiger partial charge on any atom is 0.305 e. The molecule has 3 N–H and O–H groups in total. The average Bonchev–Trinajstić information content (AvgIpc) is 3.51. The van der Waals surface area contributed by atoms with Crippen molar-refractivity contribution < 1.29 is 24.5 Å². The van der Waals surface area contributed by atoms with Crippen LogP contribution in [0.5, 0.6) is 0 Å². The molecule has 0 bridgehead atoms. The average molecular weight is 1200 g/mol. The van der Waals surface area contributed by atoms with Gasteiger partial charge in [0.2, 0.25) is 5.91 Å². The van der Waals surface area contributed by atoms with E-state index in [1.807, 2.05) is 0 Å². The van der Waals surface area contributed by atoms with Gasteiger partial charge in [-0.1, -0.05) is 405 Å².